The van der Waals surface area contributed by atoms with Gasteiger partial charge in [-0.1, -0.05) is 0 Å². The van der Waals surface area contributed by atoms with E-state index in [4.69, 9.17) is 9.47 Å². The van der Waals surface area contributed by atoms with Crippen LogP contribution in [0.2, 0.25) is 0 Å². The number of amides is 1. The minimum Gasteiger partial charge on any atom is -0.478 e. The van der Waals surface area contributed by atoms with Gasteiger partial charge in [0.25, 0.3) is 11.8 Å². The summed E-state index contributed by atoms with van der Waals surface area (Å²) in [4.78, 5) is 17.1. The van der Waals surface area contributed by atoms with Crippen LogP contribution in [0.5, 0.6) is 17.4 Å². The lowest BCUT2D eigenvalue weighted by atomic mass is 9.94. The summed E-state index contributed by atoms with van der Waals surface area (Å²) in [6.07, 6.45) is -2.38. The topological polar surface area (TPSA) is 132 Å². The molecule has 1 aliphatic heterocycles. The Balaban J connectivity index is 1.61. The molecule has 0 spiro atoms. The smallest absolute Gasteiger partial charge is 0.422 e. The number of aliphatic hydroxyl groups is 1. The first-order valence-electron chi connectivity index (χ1n) is 11.3. The lowest BCUT2D eigenvalue weighted by molar-refractivity contribution is -0.153. The highest BCUT2D eigenvalue weighted by molar-refractivity contribution is 7.91. The molecule has 0 unspecified atom stereocenters. The molecular weight excluding hydrogens is 517 g/mol. The van der Waals surface area contributed by atoms with Crippen LogP contribution in [-0.2, 0) is 9.84 Å². The van der Waals surface area contributed by atoms with Gasteiger partial charge in [0.15, 0.2) is 18.1 Å². The number of nitrogens with one attached hydrogen (secondary N) is 1. The second kappa shape index (κ2) is 9.82. The number of sulfone groups is 1. The minimum atomic E-state index is -4.55. The molecule has 3 aromatic heterocycles. The Labute approximate surface area is 210 Å². The average Bonchev–Trinajstić information content (AvgIpc) is 3.20. The Kier molecular flexibility index (Phi) is 7.08. The molecule has 0 aliphatic carbocycles. The fraction of sp³-hybridized carbons (Fsp3) is 0.435. The summed E-state index contributed by atoms with van der Waals surface area (Å²) >= 11 is 0. The van der Waals surface area contributed by atoms with Crippen LogP contribution >= 0.6 is 0 Å². The molecular formula is C23H25F3N4O6S. The van der Waals surface area contributed by atoms with E-state index < -0.39 is 40.2 Å². The van der Waals surface area contributed by atoms with Crippen LogP contribution in [0.4, 0.5) is 13.2 Å². The van der Waals surface area contributed by atoms with Crippen molar-refractivity contribution in [3.8, 4) is 17.4 Å². The van der Waals surface area contributed by atoms with E-state index in [2.05, 4.69) is 15.4 Å². The summed E-state index contributed by atoms with van der Waals surface area (Å²) in [5.41, 5.74) is -0.282. The van der Waals surface area contributed by atoms with Crippen molar-refractivity contribution in [2.45, 2.75) is 44.5 Å². The van der Waals surface area contributed by atoms with Crippen LogP contribution in [0.25, 0.3) is 5.52 Å². The highest BCUT2D eigenvalue weighted by Crippen LogP contribution is 2.33. The van der Waals surface area contributed by atoms with E-state index in [1.807, 2.05) is 0 Å². The van der Waals surface area contributed by atoms with Crippen LogP contribution in [0, 0.1) is 0 Å². The fourth-order valence-corrected chi connectivity index (χ4v) is 5.70. The third-order valence-electron chi connectivity index (χ3n) is 5.96. The van der Waals surface area contributed by atoms with Gasteiger partial charge in [0.05, 0.1) is 23.1 Å². The van der Waals surface area contributed by atoms with Crippen molar-refractivity contribution in [3.05, 3.63) is 47.9 Å². The predicted octanol–water partition coefficient (Wildman–Crippen LogP) is 3.21. The van der Waals surface area contributed by atoms with E-state index in [-0.39, 0.29) is 53.0 Å². The van der Waals surface area contributed by atoms with E-state index in [1.54, 1.807) is 6.92 Å². The summed E-state index contributed by atoms with van der Waals surface area (Å²) in [6, 6.07) is 5.61. The van der Waals surface area contributed by atoms with E-state index in [9.17, 15) is 31.5 Å². The Bertz CT molecular complexity index is 1410. The van der Waals surface area contributed by atoms with Gasteiger partial charge in [-0.3, -0.25) is 4.79 Å². The molecule has 2 N–H and O–H groups in total. The minimum absolute atomic E-state index is 0.0406. The van der Waals surface area contributed by atoms with Gasteiger partial charge in [-0.25, -0.2) is 17.9 Å². The number of aliphatic hydroxyl groups excluding tert-OH is 1. The first kappa shape index (κ1) is 26.7. The number of aromatic nitrogens is 3. The molecule has 1 saturated heterocycles. The van der Waals surface area contributed by atoms with Crippen molar-refractivity contribution in [3.63, 3.8) is 0 Å². The van der Waals surface area contributed by atoms with Gasteiger partial charge in [0.1, 0.15) is 15.6 Å². The molecule has 37 heavy (non-hydrogen) atoms. The van der Waals surface area contributed by atoms with Gasteiger partial charge in [-0.15, -0.1) is 0 Å². The second-order valence-corrected chi connectivity index (χ2v) is 11.4. The molecule has 1 aliphatic rings. The van der Waals surface area contributed by atoms with Gasteiger partial charge in [0, 0.05) is 29.6 Å². The third-order valence-corrected chi connectivity index (χ3v) is 7.62. The van der Waals surface area contributed by atoms with E-state index >= 15 is 0 Å². The van der Waals surface area contributed by atoms with Gasteiger partial charge in [-0.05, 0) is 44.9 Å². The molecule has 1 amide bonds. The number of rotatable bonds is 7. The quantitative estimate of drug-likeness (QED) is 0.465. The number of ether oxygens (including phenoxy) is 2. The molecule has 4 rings (SSSR count). The molecule has 1 fully saturated rings. The van der Waals surface area contributed by atoms with Gasteiger partial charge < -0.3 is 19.9 Å². The lowest BCUT2D eigenvalue weighted by Gasteiger charge is -2.34. The first-order valence-corrected chi connectivity index (χ1v) is 13.1. The Morgan fingerprint density at radius 2 is 2.00 bits per heavy atom. The molecule has 0 aromatic carbocycles. The van der Waals surface area contributed by atoms with Gasteiger partial charge >= 0.3 is 6.18 Å². The zero-order valence-corrected chi connectivity index (χ0v) is 20.8. The number of carbonyl (C=O) groups is 1. The maximum atomic E-state index is 13.2. The lowest BCUT2D eigenvalue weighted by Crippen LogP contribution is -2.51. The highest BCUT2D eigenvalue weighted by Gasteiger charge is 2.36. The van der Waals surface area contributed by atoms with Crippen molar-refractivity contribution in [1.82, 2.24) is 19.9 Å². The van der Waals surface area contributed by atoms with Crippen LogP contribution in [-0.4, -0.2) is 63.9 Å². The molecule has 200 valence electrons. The number of fused-ring (bicyclic) bond motifs is 1. The predicted molar refractivity (Wildman–Crippen MR) is 125 cm³/mol. The van der Waals surface area contributed by atoms with Crippen LogP contribution < -0.4 is 14.8 Å². The Hall–Kier alpha value is -3.39. The van der Waals surface area contributed by atoms with Crippen LogP contribution in [0.15, 0.2) is 36.7 Å². The molecule has 14 heteroatoms. The second-order valence-electron chi connectivity index (χ2n) is 9.11. The molecule has 10 nitrogen and oxygen atoms in total. The van der Waals surface area contributed by atoms with E-state index in [1.165, 1.54) is 48.1 Å². The zero-order valence-electron chi connectivity index (χ0n) is 19.9. The molecule has 0 bridgehead atoms. The standard InChI is InChI=1S/C23H25F3N4O6S/c1-14(31)18-16-12-15(36-21-17(4-3-8-27-21)35-13-23(24,25)26)5-9-30(16)29-19(18)20(32)28-22(2)6-10-37(33,34)11-7-22/h3-5,8-9,12,14,31H,6-7,10-11,13H2,1-2H3,(H,28,32)/t14-/m0/s1. The van der Waals surface area contributed by atoms with Crippen molar-refractivity contribution in [2.24, 2.45) is 0 Å². The van der Waals surface area contributed by atoms with Crippen molar-refractivity contribution in [1.29, 1.82) is 0 Å². The van der Waals surface area contributed by atoms with E-state index in [0.717, 1.165) is 0 Å². The third kappa shape index (κ3) is 6.31. The Morgan fingerprint density at radius 1 is 1.30 bits per heavy atom. The first-order chi connectivity index (χ1) is 17.3. The monoisotopic (exact) mass is 542 g/mol. The van der Waals surface area contributed by atoms with Crippen LogP contribution in [0.3, 0.4) is 0 Å². The largest absolute Gasteiger partial charge is 0.478 e. The summed E-state index contributed by atoms with van der Waals surface area (Å²) in [7, 11) is -3.14. The molecule has 3 aromatic rings. The summed E-state index contributed by atoms with van der Waals surface area (Å²) in [5.74, 6) is -0.917. The molecule has 4 heterocycles. The number of halogens is 3. The normalized spacial score (nSPS) is 17.8. The maximum Gasteiger partial charge on any atom is 0.422 e. The fourth-order valence-electron chi connectivity index (χ4n) is 3.97. The van der Waals surface area contributed by atoms with Crippen molar-refractivity contribution in [2.75, 3.05) is 18.1 Å². The summed E-state index contributed by atoms with van der Waals surface area (Å²) < 4.78 is 73.1. The number of pyridine rings is 2. The summed E-state index contributed by atoms with van der Waals surface area (Å²) in [6.45, 7) is 1.69. The maximum absolute atomic E-state index is 13.2. The number of alkyl halides is 3. The average molecular weight is 543 g/mol. The highest BCUT2D eigenvalue weighted by atomic mass is 32.2. The molecule has 1 atom stereocenters. The summed E-state index contributed by atoms with van der Waals surface area (Å²) in [5, 5.41) is 17.6. The SMILES string of the molecule is C[C@H](O)c1c(C(=O)NC2(C)CCS(=O)(=O)CC2)nn2ccc(Oc3ncccc3OCC(F)(F)F)cc12. The van der Waals surface area contributed by atoms with E-state index in [0.29, 0.717) is 5.52 Å². The van der Waals surface area contributed by atoms with Crippen LogP contribution in [0.1, 0.15) is 48.8 Å². The van der Waals surface area contributed by atoms with Gasteiger partial charge in [-0.2, -0.15) is 18.3 Å². The zero-order chi connectivity index (χ0) is 27.0. The van der Waals surface area contributed by atoms with Gasteiger partial charge in [0.2, 0.25) is 0 Å². The number of hydrogen-bond donors (Lipinski definition) is 2. The Morgan fingerprint density at radius 3 is 2.65 bits per heavy atom. The van der Waals surface area contributed by atoms with Crippen molar-refractivity contribution >= 4 is 21.3 Å². The number of hydrogen-bond acceptors (Lipinski definition) is 8. The molecule has 0 radical (unpaired) electrons. The molecule has 0 saturated carbocycles. The number of carbonyl (C=O) groups excluding carboxylic acids is 1. The van der Waals surface area contributed by atoms with Crippen molar-refractivity contribution < 1.29 is 41.0 Å². The number of nitrogens with zero attached hydrogens (tertiary/aromatic N) is 3.